The molecule has 1 saturated heterocycles. The first-order valence-corrected chi connectivity index (χ1v) is 10.7. The highest BCUT2D eigenvalue weighted by Gasteiger charge is 2.36. The highest BCUT2D eigenvalue weighted by atomic mass is 35.5. The quantitative estimate of drug-likeness (QED) is 0.790. The SMILES string of the molecule is C[NH+]1CCN(C(=O)c2cc3c(n(-c4ccc(Cl)cc4)c2=O)CC(C)(C)CC3=O)CC1. The molecule has 0 radical (unpaired) electrons. The molecule has 158 valence electrons. The summed E-state index contributed by atoms with van der Waals surface area (Å²) in [5.74, 6) is -0.323. The molecule has 6 nitrogen and oxygen atoms in total. The number of nitrogens with one attached hydrogen (secondary N) is 1. The van der Waals surface area contributed by atoms with Gasteiger partial charge in [0.2, 0.25) is 0 Å². The Kier molecular flexibility index (Phi) is 5.32. The smallest absolute Gasteiger partial charge is 0.268 e. The lowest BCUT2D eigenvalue weighted by molar-refractivity contribution is -0.883. The van der Waals surface area contributed by atoms with Gasteiger partial charge in [0.1, 0.15) is 5.56 Å². The minimum Gasteiger partial charge on any atom is -0.334 e. The van der Waals surface area contributed by atoms with Gasteiger partial charge in [-0.2, -0.15) is 0 Å². The zero-order valence-corrected chi connectivity index (χ0v) is 18.4. The monoisotopic (exact) mass is 428 g/mol. The van der Waals surface area contributed by atoms with E-state index in [1.54, 1.807) is 33.7 Å². The molecule has 1 aromatic carbocycles. The molecule has 1 aliphatic heterocycles. The predicted molar refractivity (Wildman–Crippen MR) is 116 cm³/mol. The number of nitrogens with zero attached hydrogens (tertiary/aromatic N) is 2. The van der Waals surface area contributed by atoms with Crippen molar-refractivity contribution in [2.45, 2.75) is 26.7 Å². The maximum atomic E-state index is 13.6. The van der Waals surface area contributed by atoms with Crippen molar-refractivity contribution in [3.63, 3.8) is 0 Å². The number of aromatic nitrogens is 1. The first kappa shape index (κ1) is 20.8. The van der Waals surface area contributed by atoms with Gasteiger partial charge in [-0.1, -0.05) is 25.4 Å². The van der Waals surface area contributed by atoms with Gasteiger partial charge in [-0.25, -0.2) is 0 Å². The Bertz CT molecular complexity index is 1060. The molecule has 1 fully saturated rings. The number of quaternary nitrogens is 1. The van der Waals surface area contributed by atoms with Crippen molar-refractivity contribution in [3.8, 4) is 5.69 Å². The van der Waals surface area contributed by atoms with Gasteiger partial charge in [0.05, 0.1) is 33.2 Å². The minimum atomic E-state index is -0.377. The molecule has 30 heavy (non-hydrogen) atoms. The first-order chi connectivity index (χ1) is 14.2. The Labute approximate surface area is 181 Å². The molecule has 2 aromatic rings. The van der Waals surface area contributed by atoms with Crippen LogP contribution in [0.4, 0.5) is 0 Å². The van der Waals surface area contributed by atoms with Gasteiger partial charge in [0, 0.05) is 28.4 Å². The van der Waals surface area contributed by atoms with Gasteiger partial charge in [-0.15, -0.1) is 0 Å². The lowest BCUT2D eigenvalue weighted by Gasteiger charge is -2.33. The molecule has 0 unspecified atom stereocenters. The number of Topliss-reactive ketones (excluding diaryl/α,β-unsaturated/α-hetero) is 1. The van der Waals surface area contributed by atoms with Crippen molar-refractivity contribution in [3.05, 3.63) is 62.5 Å². The summed E-state index contributed by atoms with van der Waals surface area (Å²) in [5.41, 5.74) is 1.20. The second-order valence-electron chi connectivity index (χ2n) is 9.23. The number of benzene rings is 1. The fraction of sp³-hybridized carbons (Fsp3) is 0.435. The van der Waals surface area contributed by atoms with E-state index in [2.05, 4.69) is 7.05 Å². The van der Waals surface area contributed by atoms with Crippen LogP contribution in [0.15, 0.2) is 35.1 Å². The van der Waals surface area contributed by atoms with E-state index in [0.717, 1.165) is 13.1 Å². The number of hydrogen-bond donors (Lipinski definition) is 1. The summed E-state index contributed by atoms with van der Waals surface area (Å²) < 4.78 is 1.54. The summed E-state index contributed by atoms with van der Waals surface area (Å²) in [6.45, 7) is 6.93. The van der Waals surface area contributed by atoms with E-state index in [-0.39, 0.29) is 28.2 Å². The van der Waals surface area contributed by atoms with Gasteiger partial charge in [-0.05, 0) is 42.2 Å². The maximum Gasteiger partial charge on any atom is 0.268 e. The molecule has 0 bridgehead atoms. The largest absolute Gasteiger partial charge is 0.334 e. The molecule has 4 rings (SSSR count). The Morgan fingerprint density at radius 3 is 2.33 bits per heavy atom. The second-order valence-corrected chi connectivity index (χ2v) is 9.66. The number of amides is 1. The third-order valence-corrected chi connectivity index (χ3v) is 6.36. The van der Waals surface area contributed by atoms with Gasteiger partial charge in [-0.3, -0.25) is 19.0 Å². The molecule has 2 heterocycles. The molecule has 7 heteroatoms. The van der Waals surface area contributed by atoms with Crippen molar-refractivity contribution < 1.29 is 14.5 Å². The van der Waals surface area contributed by atoms with Crippen LogP contribution in [0, 0.1) is 5.41 Å². The van der Waals surface area contributed by atoms with Gasteiger partial charge in [0.15, 0.2) is 5.78 Å². The van der Waals surface area contributed by atoms with Crippen molar-refractivity contribution in [2.75, 3.05) is 33.2 Å². The molecule has 1 N–H and O–H groups in total. The number of likely N-dealkylation sites (N-methyl/N-ethyl adjacent to an activating group) is 1. The number of hydrogen-bond acceptors (Lipinski definition) is 3. The minimum absolute atomic E-state index is 0.0270. The molecule has 1 amide bonds. The number of piperazine rings is 1. The van der Waals surface area contributed by atoms with Gasteiger partial charge in [0.25, 0.3) is 11.5 Å². The van der Waals surface area contributed by atoms with Crippen LogP contribution < -0.4 is 10.5 Å². The fourth-order valence-electron chi connectivity index (χ4n) is 4.39. The van der Waals surface area contributed by atoms with Crippen molar-refractivity contribution in [1.82, 2.24) is 9.47 Å². The lowest BCUT2D eigenvalue weighted by atomic mass is 9.75. The molecule has 1 aliphatic carbocycles. The normalized spacial score (nSPS) is 18.9. The summed E-state index contributed by atoms with van der Waals surface area (Å²) in [7, 11) is 2.09. The van der Waals surface area contributed by atoms with Crippen LogP contribution in [-0.2, 0) is 6.42 Å². The Morgan fingerprint density at radius 1 is 1.07 bits per heavy atom. The molecule has 1 aromatic heterocycles. The molecule has 0 saturated carbocycles. The van der Waals surface area contributed by atoms with Crippen molar-refractivity contribution in [2.24, 2.45) is 5.41 Å². The van der Waals surface area contributed by atoms with Gasteiger partial charge < -0.3 is 9.80 Å². The predicted octanol–water partition coefficient (Wildman–Crippen LogP) is 1.62. The average Bonchev–Trinajstić information content (AvgIpc) is 2.68. The van der Waals surface area contributed by atoms with E-state index in [1.165, 1.54) is 11.0 Å². The van der Waals surface area contributed by atoms with Crippen molar-refractivity contribution in [1.29, 1.82) is 0 Å². The van der Waals surface area contributed by atoms with Crippen molar-refractivity contribution >= 4 is 23.3 Å². The van der Waals surface area contributed by atoms with Crippen LogP contribution in [0.5, 0.6) is 0 Å². The summed E-state index contributed by atoms with van der Waals surface area (Å²) in [5, 5.41) is 0.559. The summed E-state index contributed by atoms with van der Waals surface area (Å²) in [6.07, 6.45) is 0.975. The summed E-state index contributed by atoms with van der Waals surface area (Å²) in [4.78, 5) is 42.9. The number of ketones is 1. The van der Waals surface area contributed by atoms with Crippen LogP contribution in [0.3, 0.4) is 0 Å². The van der Waals surface area contributed by atoms with E-state index < -0.39 is 0 Å². The number of fused-ring (bicyclic) bond motifs is 1. The molecule has 0 spiro atoms. The standard InChI is InChI=1S/C23H26ClN3O3/c1-23(2)13-19-17(20(28)14-23)12-18(21(29)26-10-8-25(3)9-11-26)22(30)27(19)16-6-4-15(24)5-7-16/h4-7,12H,8-11,13-14H2,1-3H3/p+1. The van der Waals surface area contributed by atoms with Crippen LogP contribution in [0.25, 0.3) is 5.69 Å². The van der Waals surface area contributed by atoms with Crippen LogP contribution in [0.2, 0.25) is 5.02 Å². The van der Waals surface area contributed by atoms with Crippen LogP contribution in [-0.4, -0.2) is 54.4 Å². The Hall–Kier alpha value is -2.44. The summed E-state index contributed by atoms with van der Waals surface area (Å²) in [6, 6.07) is 8.47. The molecule has 0 atom stereocenters. The zero-order chi connectivity index (χ0) is 21.6. The number of carbonyl (C=O) groups excluding carboxylic acids is 2. The fourth-order valence-corrected chi connectivity index (χ4v) is 4.52. The van der Waals surface area contributed by atoms with Gasteiger partial charge >= 0.3 is 0 Å². The van der Waals surface area contributed by atoms with Crippen LogP contribution >= 0.6 is 11.6 Å². The van der Waals surface area contributed by atoms with E-state index in [9.17, 15) is 14.4 Å². The lowest BCUT2D eigenvalue weighted by Crippen LogP contribution is -3.12. The average molecular weight is 429 g/mol. The highest BCUT2D eigenvalue weighted by molar-refractivity contribution is 6.30. The molecular weight excluding hydrogens is 402 g/mol. The van der Waals surface area contributed by atoms with E-state index >= 15 is 0 Å². The first-order valence-electron chi connectivity index (χ1n) is 10.3. The second kappa shape index (κ2) is 7.67. The number of pyridine rings is 1. The van der Waals surface area contributed by atoms with E-state index in [0.29, 0.717) is 47.9 Å². The topological polar surface area (TPSA) is 63.8 Å². The number of carbonyl (C=O) groups is 2. The Balaban J connectivity index is 1.89. The third-order valence-electron chi connectivity index (χ3n) is 6.11. The number of halogens is 1. The van der Waals surface area contributed by atoms with E-state index in [4.69, 9.17) is 11.6 Å². The molecule has 2 aliphatic rings. The maximum absolute atomic E-state index is 13.6. The summed E-state index contributed by atoms with van der Waals surface area (Å²) >= 11 is 6.04. The third kappa shape index (κ3) is 3.82. The zero-order valence-electron chi connectivity index (χ0n) is 17.6. The van der Waals surface area contributed by atoms with E-state index in [1.807, 2.05) is 13.8 Å². The van der Waals surface area contributed by atoms with Crippen LogP contribution in [0.1, 0.15) is 46.7 Å². The highest BCUT2D eigenvalue weighted by Crippen LogP contribution is 2.35. The Morgan fingerprint density at radius 2 is 1.70 bits per heavy atom. The molecular formula is C23H27ClN3O3+. The number of rotatable bonds is 2.